The first-order chi connectivity index (χ1) is 9.65. The lowest BCUT2D eigenvalue weighted by molar-refractivity contribution is 0.157. The molecule has 2 atom stereocenters. The molecule has 1 rings (SSSR count). The molecule has 0 aliphatic rings. The molecule has 0 aromatic carbocycles. The lowest BCUT2D eigenvalue weighted by Crippen LogP contribution is -2.10. The highest BCUT2D eigenvalue weighted by molar-refractivity contribution is 5.66. The molecule has 2 N–H and O–H groups in total. The Hall–Kier alpha value is -1.81. The van der Waals surface area contributed by atoms with Gasteiger partial charge in [-0.3, -0.25) is 0 Å². The molecule has 116 valence electrons. The van der Waals surface area contributed by atoms with Gasteiger partial charge in [0.25, 0.3) is 0 Å². The maximum atomic E-state index is 11.7. The molecule has 21 heavy (non-hydrogen) atoms. The van der Waals surface area contributed by atoms with Gasteiger partial charge in [0.2, 0.25) is 0 Å². The van der Waals surface area contributed by atoms with E-state index in [4.69, 9.17) is 4.42 Å². The Morgan fingerprint density at radius 1 is 1.19 bits per heavy atom. The Morgan fingerprint density at radius 2 is 1.76 bits per heavy atom. The third-order valence-electron chi connectivity index (χ3n) is 3.64. The molecule has 0 spiro atoms. The van der Waals surface area contributed by atoms with Crippen LogP contribution < -0.4 is 5.63 Å². The van der Waals surface area contributed by atoms with Crippen LogP contribution in [0.15, 0.2) is 26.9 Å². The van der Waals surface area contributed by atoms with E-state index >= 15 is 0 Å². The molecular formula is C17H24O4. The summed E-state index contributed by atoms with van der Waals surface area (Å²) in [6.45, 7) is 10.7. The summed E-state index contributed by atoms with van der Waals surface area (Å²) in [5.41, 5.74) is 1.96. The first kappa shape index (κ1) is 17.2. The minimum Gasteiger partial charge on any atom is -0.507 e. The molecular weight excluding hydrogens is 268 g/mol. The summed E-state index contributed by atoms with van der Waals surface area (Å²) in [5, 5.41) is 19.4. The van der Waals surface area contributed by atoms with Crippen LogP contribution in [0.5, 0.6) is 5.75 Å². The molecule has 0 saturated heterocycles. The summed E-state index contributed by atoms with van der Waals surface area (Å²) >= 11 is 0. The van der Waals surface area contributed by atoms with Crippen molar-refractivity contribution < 1.29 is 14.6 Å². The van der Waals surface area contributed by atoms with E-state index in [1.54, 1.807) is 13.8 Å². The fraction of sp³-hybridized carbons (Fsp3) is 0.471. The normalized spacial score (nSPS) is 16.0. The maximum absolute atomic E-state index is 11.7. The molecule has 0 radical (unpaired) electrons. The molecule has 1 aromatic rings. The Morgan fingerprint density at radius 3 is 2.29 bits per heavy atom. The zero-order valence-electron chi connectivity index (χ0n) is 13.5. The minimum absolute atomic E-state index is 0.0204. The van der Waals surface area contributed by atoms with E-state index in [0.29, 0.717) is 11.3 Å². The van der Waals surface area contributed by atoms with E-state index < -0.39 is 11.7 Å². The van der Waals surface area contributed by atoms with Gasteiger partial charge >= 0.3 is 5.63 Å². The van der Waals surface area contributed by atoms with Gasteiger partial charge in [-0.2, -0.15) is 0 Å². The van der Waals surface area contributed by atoms with Crippen LogP contribution in [0.4, 0.5) is 0 Å². The van der Waals surface area contributed by atoms with Gasteiger partial charge in [0.1, 0.15) is 11.5 Å². The Labute approximate surface area is 125 Å². The number of hydrogen-bond donors (Lipinski definition) is 2. The van der Waals surface area contributed by atoms with E-state index in [0.717, 1.165) is 11.1 Å². The van der Waals surface area contributed by atoms with Crippen LogP contribution in [0.1, 0.15) is 44.6 Å². The molecule has 1 heterocycles. The van der Waals surface area contributed by atoms with Crippen LogP contribution in [-0.4, -0.2) is 16.3 Å². The van der Waals surface area contributed by atoms with Crippen LogP contribution in [0.25, 0.3) is 5.57 Å². The summed E-state index contributed by atoms with van der Waals surface area (Å²) in [5.74, 6) is 0.405. The minimum atomic E-state index is -0.528. The van der Waals surface area contributed by atoms with Gasteiger partial charge in [0.15, 0.2) is 0 Å². The summed E-state index contributed by atoms with van der Waals surface area (Å²) in [6, 6.07) is 0. The zero-order valence-corrected chi connectivity index (χ0v) is 13.5. The van der Waals surface area contributed by atoms with Gasteiger partial charge in [-0.05, 0) is 40.2 Å². The largest absolute Gasteiger partial charge is 0.507 e. The number of rotatable bonds is 4. The Bertz CT molecular complexity index is 633. The number of aliphatic hydroxyl groups excluding tert-OH is 1. The predicted molar refractivity (Wildman–Crippen MR) is 84.4 cm³/mol. The van der Waals surface area contributed by atoms with Crippen molar-refractivity contribution in [2.75, 3.05) is 0 Å². The highest BCUT2D eigenvalue weighted by Gasteiger charge is 2.14. The SMILES string of the molecule is CC(=C[C@H](C)[C@H](C)O)C=C(C)c1oc(=O)c(C)c(O)c1C. The average Bonchev–Trinajstić information content (AvgIpc) is 2.39. The molecule has 0 amide bonds. The van der Waals surface area contributed by atoms with Crippen molar-refractivity contribution >= 4 is 5.57 Å². The Balaban J connectivity index is 3.23. The number of hydrogen-bond acceptors (Lipinski definition) is 4. The van der Waals surface area contributed by atoms with Gasteiger partial charge in [-0.25, -0.2) is 4.79 Å². The van der Waals surface area contributed by atoms with Crippen molar-refractivity contribution in [2.45, 2.75) is 47.6 Å². The monoisotopic (exact) mass is 292 g/mol. The average molecular weight is 292 g/mol. The van der Waals surface area contributed by atoms with E-state index in [2.05, 4.69) is 0 Å². The van der Waals surface area contributed by atoms with Crippen LogP contribution in [0, 0.1) is 19.8 Å². The topological polar surface area (TPSA) is 70.7 Å². The lowest BCUT2D eigenvalue weighted by Gasteiger charge is -2.11. The predicted octanol–water partition coefficient (Wildman–Crippen LogP) is 3.33. The van der Waals surface area contributed by atoms with Gasteiger partial charge in [0.05, 0.1) is 11.7 Å². The molecule has 0 fully saturated rings. The molecule has 0 aliphatic carbocycles. The molecule has 0 bridgehead atoms. The van der Waals surface area contributed by atoms with E-state index in [9.17, 15) is 15.0 Å². The fourth-order valence-corrected chi connectivity index (χ4v) is 2.12. The summed E-state index contributed by atoms with van der Waals surface area (Å²) in [4.78, 5) is 11.7. The molecule has 4 heteroatoms. The van der Waals surface area contributed by atoms with Crippen LogP contribution in [0.3, 0.4) is 0 Å². The molecule has 0 saturated carbocycles. The molecule has 1 aromatic heterocycles. The van der Waals surface area contributed by atoms with Crippen LogP contribution in [-0.2, 0) is 0 Å². The lowest BCUT2D eigenvalue weighted by atomic mass is 10.0. The number of aromatic hydroxyl groups is 1. The highest BCUT2D eigenvalue weighted by Crippen LogP contribution is 2.27. The Kier molecular flexibility index (Phi) is 5.55. The molecule has 0 aliphatic heterocycles. The highest BCUT2D eigenvalue weighted by atomic mass is 16.4. The van der Waals surface area contributed by atoms with Gasteiger partial charge in [-0.15, -0.1) is 0 Å². The van der Waals surface area contributed by atoms with Crippen molar-refractivity contribution in [3.05, 3.63) is 45.0 Å². The number of aliphatic hydroxyl groups is 1. The van der Waals surface area contributed by atoms with Crippen molar-refractivity contribution in [1.29, 1.82) is 0 Å². The first-order valence-electron chi connectivity index (χ1n) is 7.03. The standard InChI is InChI=1S/C17H24O4/c1-9(7-10(2)14(6)18)8-11(3)16-12(4)15(19)13(5)17(20)21-16/h7-8,10,14,18-19H,1-6H3/t10-,14-/m0/s1. The molecule has 0 unspecified atom stereocenters. The summed E-state index contributed by atoms with van der Waals surface area (Å²) < 4.78 is 5.27. The number of allylic oxidation sites excluding steroid dienone is 3. The van der Waals surface area contributed by atoms with Crippen molar-refractivity contribution in [1.82, 2.24) is 0 Å². The first-order valence-corrected chi connectivity index (χ1v) is 7.03. The third-order valence-corrected chi connectivity index (χ3v) is 3.64. The van der Waals surface area contributed by atoms with Gasteiger partial charge in [-0.1, -0.05) is 24.6 Å². The van der Waals surface area contributed by atoms with Crippen LogP contribution in [0.2, 0.25) is 0 Å². The van der Waals surface area contributed by atoms with E-state index in [1.165, 1.54) is 6.92 Å². The quantitative estimate of drug-likeness (QED) is 0.835. The smallest absolute Gasteiger partial charge is 0.342 e. The summed E-state index contributed by atoms with van der Waals surface area (Å²) in [6.07, 6.45) is 3.41. The third kappa shape index (κ3) is 4.08. The summed E-state index contributed by atoms with van der Waals surface area (Å²) in [7, 11) is 0. The molecule has 4 nitrogen and oxygen atoms in total. The van der Waals surface area contributed by atoms with Crippen molar-refractivity contribution in [3.8, 4) is 5.75 Å². The second-order valence-corrected chi connectivity index (χ2v) is 5.66. The van der Waals surface area contributed by atoms with E-state index in [-0.39, 0.29) is 17.2 Å². The second kappa shape index (κ2) is 6.76. The maximum Gasteiger partial charge on any atom is 0.342 e. The zero-order chi connectivity index (χ0) is 16.3. The second-order valence-electron chi connectivity index (χ2n) is 5.66. The van der Waals surface area contributed by atoms with E-state index in [1.807, 2.05) is 32.9 Å². The van der Waals surface area contributed by atoms with Gasteiger partial charge in [0, 0.05) is 11.5 Å². The van der Waals surface area contributed by atoms with Crippen molar-refractivity contribution in [2.24, 2.45) is 5.92 Å². The van der Waals surface area contributed by atoms with Crippen LogP contribution >= 0.6 is 0 Å². The van der Waals surface area contributed by atoms with Gasteiger partial charge < -0.3 is 14.6 Å². The van der Waals surface area contributed by atoms with Crippen molar-refractivity contribution in [3.63, 3.8) is 0 Å². The fourth-order valence-electron chi connectivity index (χ4n) is 2.12.